The first-order valence-corrected chi connectivity index (χ1v) is 18.9. The van der Waals surface area contributed by atoms with Gasteiger partial charge in [0.1, 0.15) is 0 Å². The number of hydrogen-bond donors (Lipinski definition) is 0. The number of fused-ring (bicyclic) bond motifs is 7. The van der Waals surface area contributed by atoms with E-state index in [4.69, 9.17) is 0 Å². The summed E-state index contributed by atoms with van der Waals surface area (Å²) in [6.45, 7) is 0. The van der Waals surface area contributed by atoms with Crippen molar-refractivity contribution in [1.82, 2.24) is 4.57 Å². The molecular weight excluding hydrogens is 617 g/mol. The summed E-state index contributed by atoms with van der Waals surface area (Å²) in [5, 5.41) is 5.19. The van der Waals surface area contributed by atoms with Crippen molar-refractivity contribution in [2.24, 2.45) is 23.7 Å². The summed E-state index contributed by atoms with van der Waals surface area (Å²) < 4.78 is 2.52. The first-order valence-electron chi connectivity index (χ1n) is 18.9. The van der Waals surface area contributed by atoms with E-state index in [1.807, 2.05) is 0 Å². The van der Waals surface area contributed by atoms with Crippen LogP contribution in [0.2, 0.25) is 0 Å². The summed E-state index contributed by atoms with van der Waals surface area (Å²) in [5.74, 6) is 3.12. The van der Waals surface area contributed by atoms with Crippen molar-refractivity contribution < 1.29 is 0 Å². The van der Waals surface area contributed by atoms with E-state index >= 15 is 0 Å². The Morgan fingerprint density at radius 1 is 0.510 bits per heavy atom. The van der Waals surface area contributed by atoms with Crippen molar-refractivity contribution in [2.45, 2.75) is 31.1 Å². The van der Waals surface area contributed by atoms with Crippen LogP contribution < -0.4 is 4.90 Å². The standard InChI is InChI=1S/C49H38N2/c1-2-13-35(14-3-1)50(46-20-10-12-32-11-4-5-15-38(32)46)36-21-23-39-40-24-22-37(51-47-18-8-6-16-41(47)42-17-7-9-19-48(42)51)30-45(40)49(44(39)29-36)34-26-31-25-33(28-34)43(49)27-31/h1-24,29-31,33-34,43H,25-28H2. The molecule has 7 aromatic carbocycles. The van der Waals surface area contributed by atoms with Crippen molar-refractivity contribution in [3.05, 3.63) is 169 Å². The summed E-state index contributed by atoms with van der Waals surface area (Å²) in [6.07, 6.45) is 5.53. The molecule has 4 saturated carbocycles. The van der Waals surface area contributed by atoms with Gasteiger partial charge < -0.3 is 9.47 Å². The lowest BCUT2D eigenvalue weighted by molar-refractivity contribution is 0.191. The molecule has 5 unspecified atom stereocenters. The van der Waals surface area contributed by atoms with Gasteiger partial charge in [0.15, 0.2) is 0 Å². The van der Waals surface area contributed by atoms with Crippen molar-refractivity contribution in [3.8, 4) is 16.8 Å². The Balaban J connectivity index is 1.10. The molecule has 0 radical (unpaired) electrons. The Bertz CT molecular complexity index is 2640. The molecule has 0 saturated heterocycles. The largest absolute Gasteiger partial charge is 0.310 e. The van der Waals surface area contributed by atoms with E-state index in [2.05, 4.69) is 167 Å². The summed E-state index contributed by atoms with van der Waals surface area (Å²) in [6, 6.07) is 59.4. The Kier molecular flexibility index (Phi) is 5.65. The topological polar surface area (TPSA) is 8.17 Å². The van der Waals surface area contributed by atoms with E-state index in [1.54, 1.807) is 11.1 Å². The highest BCUT2D eigenvalue weighted by molar-refractivity contribution is 6.09. The van der Waals surface area contributed by atoms with Crippen molar-refractivity contribution in [3.63, 3.8) is 0 Å². The number of nitrogens with zero attached hydrogens (tertiary/aromatic N) is 2. The van der Waals surface area contributed by atoms with E-state index < -0.39 is 0 Å². The van der Waals surface area contributed by atoms with Crippen LogP contribution in [0.3, 0.4) is 0 Å². The SMILES string of the molecule is c1ccc(N(c2ccc3c(c2)C2(c4cc(-n5c6ccccc6c6ccccc65)ccc4-3)C3CC4CC(C3)C2C4)c2cccc3ccccc23)cc1. The summed E-state index contributed by atoms with van der Waals surface area (Å²) in [4.78, 5) is 2.51. The Morgan fingerprint density at radius 3 is 1.96 bits per heavy atom. The predicted octanol–water partition coefficient (Wildman–Crippen LogP) is 12.7. The summed E-state index contributed by atoms with van der Waals surface area (Å²) in [7, 11) is 0. The molecule has 244 valence electrons. The molecule has 5 aliphatic rings. The highest BCUT2D eigenvalue weighted by Crippen LogP contribution is 2.73. The van der Waals surface area contributed by atoms with Crippen LogP contribution in [0, 0.1) is 23.7 Å². The number of anilines is 3. The maximum Gasteiger partial charge on any atom is 0.0541 e. The van der Waals surface area contributed by atoms with Gasteiger partial charge in [-0.1, -0.05) is 103 Å². The molecule has 0 aliphatic heterocycles. The van der Waals surface area contributed by atoms with Crippen LogP contribution in [0.4, 0.5) is 17.1 Å². The van der Waals surface area contributed by atoms with Crippen LogP contribution in [-0.2, 0) is 5.41 Å². The normalized spacial score (nSPS) is 23.8. The van der Waals surface area contributed by atoms with E-state index in [-0.39, 0.29) is 5.41 Å². The lowest BCUT2D eigenvalue weighted by Crippen LogP contribution is -2.40. The zero-order valence-corrected chi connectivity index (χ0v) is 28.5. The zero-order chi connectivity index (χ0) is 33.3. The molecule has 0 amide bonds. The molecule has 1 heterocycles. The predicted molar refractivity (Wildman–Crippen MR) is 212 cm³/mol. The van der Waals surface area contributed by atoms with Gasteiger partial charge in [-0.2, -0.15) is 0 Å². The van der Waals surface area contributed by atoms with Gasteiger partial charge in [0.05, 0.1) is 16.7 Å². The maximum absolute atomic E-state index is 2.63. The van der Waals surface area contributed by atoms with Crippen LogP contribution in [0.5, 0.6) is 0 Å². The first kappa shape index (κ1) is 28.1. The van der Waals surface area contributed by atoms with Crippen LogP contribution in [-0.4, -0.2) is 4.57 Å². The van der Waals surface area contributed by atoms with Crippen LogP contribution >= 0.6 is 0 Å². The van der Waals surface area contributed by atoms with Gasteiger partial charge in [-0.05, 0) is 132 Å². The van der Waals surface area contributed by atoms with Crippen molar-refractivity contribution >= 4 is 49.6 Å². The average Bonchev–Trinajstić information content (AvgIpc) is 3.84. The lowest BCUT2D eigenvalue weighted by atomic mass is 9.59. The monoisotopic (exact) mass is 654 g/mol. The highest BCUT2D eigenvalue weighted by Gasteiger charge is 2.66. The number of rotatable bonds is 4. The number of aromatic nitrogens is 1. The minimum Gasteiger partial charge on any atom is -0.310 e. The smallest absolute Gasteiger partial charge is 0.0541 e. The fraction of sp³-hybridized carbons (Fsp3) is 0.184. The highest BCUT2D eigenvalue weighted by atomic mass is 15.1. The minimum absolute atomic E-state index is 0.0498. The molecule has 5 atom stereocenters. The van der Waals surface area contributed by atoms with Gasteiger partial charge in [0, 0.05) is 38.6 Å². The molecule has 2 nitrogen and oxygen atoms in total. The molecule has 4 fully saturated rings. The van der Waals surface area contributed by atoms with Gasteiger partial charge >= 0.3 is 0 Å². The second kappa shape index (κ2) is 10.2. The second-order valence-corrected chi connectivity index (χ2v) is 15.7. The van der Waals surface area contributed by atoms with E-state index in [9.17, 15) is 0 Å². The first-order chi connectivity index (χ1) is 25.3. The molecule has 13 rings (SSSR count). The van der Waals surface area contributed by atoms with Crippen LogP contribution in [0.1, 0.15) is 36.8 Å². The number of para-hydroxylation sites is 3. The third kappa shape index (κ3) is 3.67. The molecule has 1 aromatic heterocycles. The summed E-state index contributed by atoms with van der Waals surface area (Å²) in [5.41, 5.74) is 13.7. The molecule has 8 aromatic rings. The molecule has 2 heteroatoms. The Labute approximate surface area is 298 Å². The average molecular weight is 655 g/mol. The zero-order valence-electron chi connectivity index (χ0n) is 28.5. The van der Waals surface area contributed by atoms with Gasteiger partial charge in [-0.25, -0.2) is 0 Å². The van der Waals surface area contributed by atoms with Crippen molar-refractivity contribution in [2.75, 3.05) is 4.90 Å². The fourth-order valence-corrected chi connectivity index (χ4v) is 11.9. The maximum atomic E-state index is 2.63. The second-order valence-electron chi connectivity index (χ2n) is 15.7. The van der Waals surface area contributed by atoms with Gasteiger partial charge in [-0.15, -0.1) is 0 Å². The molecule has 4 bridgehead atoms. The minimum atomic E-state index is 0.0498. The molecule has 1 spiro atoms. The third-order valence-corrected chi connectivity index (χ3v) is 13.5. The van der Waals surface area contributed by atoms with Crippen molar-refractivity contribution in [1.29, 1.82) is 0 Å². The van der Waals surface area contributed by atoms with Gasteiger partial charge in [0.2, 0.25) is 0 Å². The Morgan fingerprint density at radius 2 is 1.18 bits per heavy atom. The van der Waals surface area contributed by atoms with Crippen LogP contribution in [0.15, 0.2) is 158 Å². The van der Waals surface area contributed by atoms with Gasteiger partial charge in [-0.3, -0.25) is 0 Å². The molecule has 5 aliphatic carbocycles. The van der Waals surface area contributed by atoms with Gasteiger partial charge in [0.25, 0.3) is 0 Å². The Hall–Kier alpha value is -5.60. The van der Waals surface area contributed by atoms with E-state index in [1.165, 1.54) is 92.1 Å². The number of hydrogen-bond acceptors (Lipinski definition) is 1. The molecule has 51 heavy (non-hydrogen) atoms. The third-order valence-electron chi connectivity index (χ3n) is 13.5. The summed E-state index contributed by atoms with van der Waals surface area (Å²) >= 11 is 0. The molecule has 0 N–H and O–H groups in total. The van der Waals surface area contributed by atoms with E-state index in [0.717, 1.165) is 11.8 Å². The van der Waals surface area contributed by atoms with Crippen LogP contribution in [0.25, 0.3) is 49.4 Å². The lowest BCUT2D eigenvalue weighted by Gasteiger charge is -2.44. The quantitative estimate of drug-likeness (QED) is 0.183. The fourth-order valence-electron chi connectivity index (χ4n) is 11.9. The van der Waals surface area contributed by atoms with E-state index in [0.29, 0.717) is 11.8 Å². The number of benzene rings is 7. The molecular formula is C49H38N2.